The molecule has 0 unspecified atom stereocenters. The van der Waals surface area contributed by atoms with Crippen LogP contribution < -0.4 is 10.1 Å². The molecule has 4 rings (SSSR count). The van der Waals surface area contributed by atoms with Crippen LogP contribution in [0, 0.1) is 11.8 Å². The zero-order valence-electron chi connectivity index (χ0n) is 15.9. The molecule has 1 aliphatic heterocycles. The first-order valence-corrected chi connectivity index (χ1v) is 9.41. The maximum absolute atomic E-state index is 10.5. The zero-order valence-corrected chi connectivity index (χ0v) is 15.9. The predicted molar refractivity (Wildman–Crippen MR) is 108 cm³/mol. The predicted octanol–water partition coefficient (Wildman–Crippen LogP) is 1.41. The topological polar surface area (TPSA) is 81.0 Å². The van der Waals surface area contributed by atoms with Gasteiger partial charge in [-0.2, -0.15) is 5.10 Å². The third kappa shape index (κ3) is 4.71. The van der Waals surface area contributed by atoms with Crippen molar-refractivity contribution in [2.75, 3.05) is 44.8 Å². The molecule has 3 heterocycles. The maximum Gasteiger partial charge on any atom is 0.211 e. The van der Waals surface area contributed by atoms with Crippen LogP contribution in [0.15, 0.2) is 42.7 Å². The van der Waals surface area contributed by atoms with Gasteiger partial charge >= 0.3 is 0 Å². The average Bonchev–Trinajstić information content (AvgIpc) is 3.18. The highest BCUT2D eigenvalue weighted by atomic mass is 16.5. The number of imidazole rings is 1. The number of ether oxygens (including phenoxy) is 2. The summed E-state index contributed by atoms with van der Waals surface area (Å²) in [5, 5.41) is 6.94. The van der Waals surface area contributed by atoms with Gasteiger partial charge in [0.05, 0.1) is 25.6 Å². The van der Waals surface area contributed by atoms with E-state index in [1.807, 2.05) is 18.2 Å². The lowest BCUT2D eigenvalue weighted by Crippen LogP contribution is -2.38. The molecule has 1 fully saturated rings. The highest BCUT2D eigenvalue weighted by molar-refractivity contribution is 5.71. The molecular weight excluding hydrogens is 370 g/mol. The van der Waals surface area contributed by atoms with E-state index in [9.17, 15) is 4.79 Å². The number of amides is 1. The Morgan fingerprint density at radius 1 is 1.17 bits per heavy atom. The summed E-state index contributed by atoms with van der Waals surface area (Å²) in [6.45, 7) is 4.85. The van der Waals surface area contributed by atoms with E-state index < -0.39 is 0 Å². The van der Waals surface area contributed by atoms with Gasteiger partial charge in [0.25, 0.3) is 0 Å². The van der Waals surface area contributed by atoms with Gasteiger partial charge in [-0.1, -0.05) is 5.92 Å². The third-order valence-corrected chi connectivity index (χ3v) is 4.58. The van der Waals surface area contributed by atoms with Crippen molar-refractivity contribution in [2.24, 2.45) is 0 Å². The van der Waals surface area contributed by atoms with Crippen LogP contribution in [0.25, 0.3) is 5.65 Å². The summed E-state index contributed by atoms with van der Waals surface area (Å²) in [5.41, 5.74) is 2.87. The summed E-state index contributed by atoms with van der Waals surface area (Å²) >= 11 is 0. The summed E-state index contributed by atoms with van der Waals surface area (Å²) in [6.07, 6.45) is 4.02. The SMILES string of the molecule is O=CNc1ccc(C#Cc2cnc3c(OCCN4CCOCC4)ccnn23)cc1. The van der Waals surface area contributed by atoms with Crippen molar-refractivity contribution in [3.05, 3.63) is 54.0 Å². The number of fused-ring (bicyclic) bond motifs is 1. The van der Waals surface area contributed by atoms with Crippen LogP contribution >= 0.6 is 0 Å². The molecule has 1 N–H and O–H groups in total. The fourth-order valence-corrected chi connectivity index (χ4v) is 3.03. The number of aromatic nitrogens is 3. The van der Waals surface area contributed by atoms with E-state index in [0.717, 1.165) is 44.1 Å². The van der Waals surface area contributed by atoms with Gasteiger partial charge < -0.3 is 14.8 Å². The number of anilines is 1. The van der Waals surface area contributed by atoms with E-state index in [-0.39, 0.29) is 0 Å². The standard InChI is InChI=1S/C21H21N5O3/c27-16-23-18-4-1-17(2-5-18)3-6-19-15-22-21-20(7-8-24-26(19)21)29-14-11-25-9-12-28-13-10-25/h1-2,4-5,7-8,15-16H,9-14H2,(H,23,27). The minimum absolute atomic E-state index is 0.578. The number of hydrogen-bond donors (Lipinski definition) is 1. The van der Waals surface area contributed by atoms with Crippen molar-refractivity contribution in [3.63, 3.8) is 0 Å². The number of benzene rings is 1. The van der Waals surface area contributed by atoms with Gasteiger partial charge in [0.1, 0.15) is 12.3 Å². The second-order valence-electron chi connectivity index (χ2n) is 6.47. The Morgan fingerprint density at radius 2 is 2.00 bits per heavy atom. The van der Waals surface area contributed by atoms with Crippen LogP contribution in [0.1, 0.15) is 11.3 Å². The van der Waals surface area contributed by atoms with Crippen LogP contribution in [0.2, 0.25) is 0 Å². The summed E-state index contributed by atoms with van der Waals surface area (Å²) in [7, 11) is 0. The number of hydrogen-bond acceptors (Lipinski definition) is 6. The van der Waals surface area contributed by atoms with Crippen molar-refractivity contribution < 1.29 is 14.3 Å². The van der Waals surface area contributed by atoms with Gasteiger partial charge in [-0.3, -0.25) is 9.69 Å². The number of carbonyl (C=O) groups is 1. The molecule has 1 amide bonds. The van der Waals surface area contributed by atoms with Gasteiger partial charge in [-0.15, -0.1) is 0 Å². The Bertz CT molecular complexity index is 1030. The molecule has 0 bridgehead atoms. The Balaban J connectivity index is 1.45. The van der Waals surface area contributed by atoms with Gasteiger partial charge in [0.15, 0.2) is 11.4 Å². The van der Waals surface area contributed by atoms with Gasteiger partial charge in [0, 0.05) is 37.0 Å². The molecule has 0 spiro atoms. The number of carbonyl (C=O) groups excluding carboxylic acids is 1. The number of nitrogens with one attached hydrogen (secondary N) is 1. The second kappa shape index (κ2) is 9.19. The monoisotopic (exact) mass is 391 g/mol. The van der Waals surface area contributed by atoms with Crippen molar-refractivity contribution in [2.45, 2.75) is 0 Å². The zero-order chi connectivity index (χ0) is 19.9. The lowest BCUT2D eigenvalue weighted by molar-refractivity contribution is -0.105. The van der Waals surface area contributed by atoms with Crippen molar-refractivity contribution >= 4 is 17.7 Å². The summed E-state index contributed by atoms with van der Waals surface area (Å²) in [4.78, 5) is 17.2. The first-order chi connectivity index (χ1) is 14.3. The summed E-state index contributed by atoms with van der Waals surface area (Å²) in [6, 6.07) is 9.10. The van der Waals surface area contributed by atoms with E-state index in [4.69, 9.17) is 9.47 Å². The molecule has 148 valence electrons. The Morgan fingerprint density at radius 3 is 2.79 bits per heavy atom. The Kier molecular flexibility index (Phi) is 6.00. The smallest absolute Gasteiger partial charge is 0.211 e. The van der Waals surface area contributed by atoms with Crippen molar-refractivity contribution in [1.82, 2.24) is 19.5 Å². The highest BCUT2D eigenvalue weighted by Gasteiger charge is 2.12. The van der Waals surface area contributed by atoms with Crippen LogP contribution in [0.3, 0.4) is 0 Å². The minimum atomic E-state index is 0.578. The van der Waals surface area contributed by atoms with Crippen LogP contribution in [-0.2, 0) is 9.53 Å². The summed E-state index contributed by atoms with van der Waals surface area (Å²) < 4.78 is 13.0. The van der Waals surface area contributed by atoms with Gasteiger partial charge in [-0.05, 0) is 30.2 Å². The molecule has 3 aromatic rings. The van der Waals surface area contributed by atoms with Crippen LogP contribution in [0.4, 0.5) is 5.69 Å². The molecule has 0 aliphatic carbocycles. The van der Waals surface area contributed by atoms with Crippen LogP contribution in [-0.4, -0.2) is 65.4 Å². The molecule has 0 saturated carbocycles. The average molecular weight is 391 g/mol. The molecule has 2 aromatic heterocycles. The molecule has 1 saturated heterocycles. The first-order valence-electron chi connectivity index (χ1n) is 9.41. The largest absolute Gasteiger partial charge is 0.488 e. The summed E-state index contributed by atoms with van der Waals surface area (Å²) in [5.74, 6) is 6.86. The van der Waals surface area contributed by atoms with E-state index in [1.165, 1.54) is 0 Å². The lowest BCUT2D eigenvalue weighted by atomic mass is 10.2. The minimum Gasteiger partial charge on any atom is -0.488 e. The molecule has 1 aromatic carbocycles. The lowest BCUT2D eigenvalue weighted by Gasteiger charge is -2.26. The normalized spacial score (nSPS) is 14.2. The highest BCUT2D eigenvalue weighted by Crippen LogP contribution is 2.18. The van der Waals surface area contributed by atoms with E-state index in [1.54, 1.807) is 29.0 Å². The first kappa shape index (κ1) is 18.9. The number of rotatable bonds is 6. The van der Waals surface area contributed by atoms with Gasteiger partial charge in [-0.25, -0.2) is 9.50 Å². The van der Waals surface area contributed by atoms with E-state index >= 15 is 0 Å². The van der Waals surface area contributed by atoms with Crippen LogP contribution in [0.5, 0.6) is 5.75 Å². The fraction of sp³-hybridized carbons (Fsp3) is 0.286. The Labute approximate surface area is 168 Å². The van der Waals surface area contributed by atoms with E-state index in [2.05, 4.69) is 32.1 Å². The molecule has 0 radical (unpaired) electrons. The number of nitrogens with zero attached hydrogens (tertiary/aromatic N) is 4. The number of morpholine rings is 1. The molecular formula is C21H21N5O3. The molecule has 1 aliphatic rings. The quantitative estimate of drug-likeness (QED) is 0.506. The molecule has 8 nitrogen and oxygen atoms in total. The van der Waals surface area contributed by atoms with E-state index in [0.29, 0.717) is 30.1 Å². The van der Waals surface area contributed by atoms with Crippen molar-refractivity contribution in [1.29, 1.82) is 0 Å². The van der Waals surface area contributed by atoms with Crippen molar-refractivity contribution in [3.8, 4) is 17.6 Å². The molecule has 29 heavy (non-hydrogen) atoms. The maximum atomic E-state index is 10.5. The molecule has 0 atom stereocenters. The second-order valence-corrected chi connectivity index (χ2v) is 6.47. The van der Waals surface area contributed by atoms with Gasteiger partial charge in [0.2, 0.25) is 6.41 Å². The Hall–Kier alpha value is -3.41. The molecule has 8 heteroatoms. The fourth-order valence-electron chi connectivity index (χ4n) is 3.03. The third-order valence-electron chi connectivity index (χ3n) is 4.58.